The van der Waals surface area contributed by atoms with Gasteiger partial charge in [0.1, 0.15) is 17.5 Å². The predicted molar refractivity (Wildman–Crippen MR) is 215 cm³/mol. The Hall–Kier alpha value is -5.65. The molecule has 310 valence electrons. The van der Waals surface area contributed by atoms with Crippen LogP contribution in [0.25, 0.3) is 0 Å². The maximum Gasteiger partial charge on any atom is 0.271 e. The van der Waals surface area contributed by atoms with Gasteiger partial charge >= 0.3 is 0 Å². The van der Waals surface area contributed by atoms with Crippen molar-refractivity contribution in [1.82, 2.24) is 45.6 Å². The number of halogens is 2. The van der Waals surface area contributed by atoms with Gasteiger partial charge in [0, 0.05) is 51.3 Å². The number of piperidine rings is 2. The normalized spacial score (nSPS) is 17.3. The molecule has 19 heteroatoms. The number of hydrogen-bond acceptors (Lipinski definition) is 11. The lowest BCUT2D eigenvalue weighted by Gasteiger charge is -2.32. The van der Waals surface area contributed by atoms with Crippen molar-refractivity contribution in [3.8, 4) is 5.75 Å². The molecule has 1 unspecified atom stereocenters. The number of carbonyl (C=O) groups excluding carboxylic acids is 6. The van der Waals surface area contributed by atoms with Crippen LogP contribution >= 0.6 is 23.2 Å². The van der Waals surface area contributed by atoms with Gasteiger partial charge in [-0.3, -0.25) is 48.8 Å². The van der Waals surface area contributed by atoms with Crippen molar-refractivity contribution < 1.29 is 33.5 Å². The Morgan fingerprint density at radius 2 is 1.63 bits per heavy atom. The van der Waals surface area contributed by atoms with E-state index < -0.39 is 35.6 Å². The zero-order valence-corrected chi connectivity index (χ0v) is 33.7. The number of imide groups is 2. The van der Waals surface area contributed by atoms with Crippen molar-refractivity contribution in [3.63, 3.8) is 0 Å². The average molecular weight is 848 g/mol. The van der Waals surface area contributed by atoms with Crippen molar-refractivity contribution in [2.75, 3.05) is 31.6 Å². The van der Waals surface area contributed by atoms with Crippen molar-refractivity contribution in [1.29, 1.82) is 0 Å². The Bertz CT molecular complexity index is 2210. The van der Waals surface area contributed by atoms with E-state index in [1.165, 1.54) is 6.20 Å². The molecule has 0 radical (unpaired) electrons. The van der Waals surface area contributed by atoms with Crippen molar-refractivity contribution in [2.45, 2.75) is 82.8 Å². The molecule has 0 spiro atoms. The van der Waals surface area contributed by atoms with Crippen LogP contribution in [0.15, 0.2) is 48.8 Å². The highest BCUT2D eigenvalue weighted by molar-refractivity contribution is 6.40. The highest BCUT2D eigenvalue weighted by Crippen LogP contribution is 2.34. The molecule has 59 heavy (non-hydrogen) atoms. The van der Waals surface area contributed by atoms with Gasteiger partial charge in [0.15, 0.2) is 0 Å². The summed E-state index contributed by atoms with van der Waals surface area (Å²) in [7, 11) is 0. The van der Waals surface area contributed by atoms with Gasteiger partial charge in [-0.05, 0) is 56.4 Å². The Kier molecular flexibility index (Phi) is 13.3. The Balaban J connectivity index is 0.757. The summed E-state index contributed by atoms with van der Waals surface area (Å²) >= 11 is 12.3. The van der Waals surface area contributed by atoms with Crippen molar-refractivity contribution >= 4 is 64.3 Å². The number of aromatic nitrogens is 5. The second-order valence-corrected chi connectivity index (χ2v) is 15.6. The number of nitrogens with one attached hydrogen (secondary N) is 4. The fourth-order valence-electron chi connectivity index (χ4n) is 7.54. The van der Waals surface area contributed by atoms with Gasteiger partial charge in [-0.2, -0.15) is 5.10 Å². The summed E-state index contributed by atoms with van der Waals surface area (Å²) in [6, 6.07) is 8.58. The molecule has 2 aromatic carbocycles. The van der Waals surface area contributed by atoms with Gasteiger partial charge in [0.2, 0.25) is 11.8 Å². The number of aryl methyl sites for hydroxylation is 1. The fraction of sp³-hybridized carbons (Fsp3) is 0.425. The monoisotopic (exact) mass is 846 g/mol. The molecule has 0 aliphatic carbocycles. The number of H-pyrrole nitrogens is 1. The molecule has 3 aliphatic rings. The third-order valence-electron chi connectivity index (χ3n) is 10.7. The highest BCUT2D eigenvalue weighted by Gasteiger charge is 2.46. The summed E-state index contributed by atoms with van der Waals surface area (Å²) in [5.74, 6) is -2.78. The van der Waals surface area contributed by atoms with Crippen LogP contribution in [-0.4, -0.2) is 109 Å². The number of anilines is 1. The van der Waals surface area contributed by atoms with Crippen LogP contribution in [-0.2, 0) is 22.6 Å². The number of nitrogens with zero attached hydrogens (tertiary/aromatic N) is 6. The molecule has 6 amide bonds. The van der Waals surface area contributed by atoms with E-state index >= 15 is 0 Å². The maximum atomic E-state index is 13.2. The molecule has 2 fully saturated rings. The second-order valence-electron chi connectivity index (χ2n) is 14.8. The number of likely N-dealkylation sites (tertiary alicyclic amines) is 1. The maximum absolute atomic E-state index is 13.2. The quantitative estimate of drug-likeness (QED) is 0.0862. The standard InChI is InChI=1S/C40H44Cl2N10O7/c41-27-9-7-10-28(42)34(27)37(55)45-29-22-43-48-35(29)38(56)44-24-14-18-50(19-15-24)20-16-25-23-51(49-47-25)17-4-2-1-3-5-21-59-31-11-6-8-26-33(31)40(58)52(39(26)57)30-12-13-32(53)46-36(30)54/h6-11,22-24,30H,1-5,12-21H2,(H,43,48)(H,44,56)(H,45,55)(H,46,53,54). The SMILES string of the molecule is O=C1CCC(N2C(=O)c3cccc(OCCCCCCCn4cc(CCN5CCC(NC(=O)c6[nH]ncc6NC(=O)c6c(Cl)cccc6Cl)CC5)nn4)c3C2=O)C(=O)N1. The van der Waals surface area contributed by atoms with Gasteiger partial charge in [-0.15, -0.1) is 5.10 Å². The van der Waals surface area contributed by atoms with Crippen molar-refractivity contribution in [3.05, 3.63) is 86.9 Å². The zero-order chi connectivity index (χ0) is 41.5. The van der Waals surface area contributed by atoms with E-state index in [1.807, 2.05) is 10.9 Å². The molecular formula is C40H44Cl2N10O7. The first-order valence-electron chi connectivity index (χ1n) is 19.8. The zero-order valence-electron chi connectivity index (χ0n) is 32.2. The topological polar surface area (TPSA) is 214 Å². The van der Waals surface area contributed by atoms with Gasteiger partial charge in [0.05, 0.1) is 50.9 Å². The van der Waals surface area contributed by atoms with Gasteiger partial charge in [-0.1, -0.05) is 59.8 Å². The molecule has 5 heterocycles. The fourth-order valence-corrected chi connectivity index (χ4v) is 8.11. The lowest BCUT2D eigenvalue weighted by atomic mass is 10.0. The van der Waals surface area contributed by atoms with Gasteiger partial charge in [-0.25, -0.2) is 0 Å². The number of aromatic amines is 1. The third-order valence-corrected chi connectivity index (χ3v) is 11.3. The third kappa shape index (κ3) is 9.80. The minimum atomic E-state index is -1.02. The summed E-state index contributed by atoms with van der Waals surface area (Å²) in [5.41, 5.74) is 1.78. The summed E-state index contributed by atoms with van der Waals surface area (Å²) in [6.07, 6.45) is 10.5. The smallest absolute Gasteiger partial charge is 0.271 e. The molecular weight excluding hydrogens is 803 g/mol. The first-order chi connectivity index (χ1) is 28.6. The van der Waals surface area contributed by atoms with Crippen LogP contribution in [0, 0.1) is 0 Å². The molecule has 1 atom stereocenters. The molecule has 4 aromatic rings. The molecule has 0 saturated carbocycles. The Morgan fingerprint density at radius 3 is 2.41 bits per heavy atom. The first-order valence-corrected chi connectivity index (χ1v) is 20.5. The minimum Gasteiger partial charge on any atom is -0.493 e. The second kappa shape index (κ2) is 18.9. The molecule has 2 aromatic heterocycles. The van der Waals surface area contributed by atoms with E-state index in [-0.39, 0.29) is 62.9 Å². The summed E-state index contributed by atoms with van der Waals surface area (Å²) < 4.78 is 7.82. The Morgan fingerprint density at radius 1 is 0.881 bits per heavy atom. The number of amides is 6. The number of benzene rings is 2. The van der Waals surface area contributed by atoms with Crippen LogP contribution in [0.1, 0.15) is 105 Å². The molecule has 2 saturated heterocycles. The minimum absolute atomic E-state index is 0.0286. The first kappa shape index (κ1) is 41.5. The van der Waals surface area contributed by atoms with Gasteiger partial charge < -0.3 is 20.3 Å². The van der Waals surface area contributed by atoms with Crippen LogP contribution in [0.3, 0.4) is 0 Å². The largest absolute Gasteiger partial charge is 0.493 e. The van der Waals surface area contributed by atoms with E-state index in [0.717, 1.165) is 88.1 Å². The van der Waals surface area contributed by atoms with E-state index in [2.05, 4.69) is 41.4 Å². The van der Waals surface area contributed by atoms with Crippen LogP contribution in [0.4, 0.5) is 5.69 Å². The Labute approximate surface area is 349 Å². The number of rotatable bonds is 17. The summed E-state index contributed by atoms with van der Waals surface area (Å²) in [4.78, 5) is 79.5. The van der Waals surface area contributed by atoms with E-state index in [4.69, 9.17) is 27.9 Å². The summed E-state index contributed by atoms with van der Waals surface area (Å²) in [5, 5.41) is 23.6. The van der Waals surface area contributed by atoms with E-state index in [1.54, 1.807) is 36.4 Å². The number of carbonyl (C=O) groups is 6. The molecule has 0 bridgehead atoms. The lowest BCUT2D eigenvalue weighted by Crippen LogP contribution is -2.54. The van der Waals surface area contributed by atoms with Crippen LogP contribution < -0.4 is 20.7 Å². The number of hydrogen-bond donors (Lipinski definition) is 4. The number of unbranched alkanes of at least 4 members (excludes halogenated alkanes) is 4. The van der Waals surface area contributed by atoms with E-state index in [9.17, 15) is 28.8 Å². The number of fused-ring (bicyclic) bond motifs is 1. The lowest BCUT2D eigenvalue weighted by molar-refractivity contribution is -0.136. The highest BCUT2D eigenvalue weighted by atomic mass is 35.5. The average Bonchev–Trinajstić information content (AvgIpc) is 3.94. The van der Waals surface area contributed by atoms with Crippen molar-refractivity contribution in [2.24, 2.45) is 0 Å². The molecule has 4 N–H and O–H groups in total. The molecule has 3 aliphatic heterocycles. The molecule has 17 nitrogen and oxygen atoms in total. The van der Waals surface area contributed by atoms with Gasteiger partial charge in [0.25, 0.3) is 23.6 Å². The van der Waals surface area contributed by atoms with E-state index in [0.29, 0.717) is 12.4 Å². The van der Waals surface area contributed by atoms with Crippen LogP contribution in [0.2, 0.25) is 10.0 Å². The number of ether oxygens (including phenoxy) is 1. The van der Waals surface area contributed by atoms with Crippen LogP contribution in [0.5, 0.6) is 5.75 Å². The predicted octanol–water partition coefficient (Wildman–Crippen LogP) is 4.43. The summed E-state index contributed by atoms with van der Waals surface area (Å²) in [6.45, 7) is 3.61. The molecule has 7 rings (SSSR count).